The number of rotatable bonds is 8. The molecule has 0 bridgehead atoms. The van der Waals surface area contributed by atoms with E-state index < -0.39 is 6.04 Å². The summed E-state index contributed by atoms with van der Waals surface area (Å²) in [4.78, 5) is 28.9. The van der Waals surface area contributed by atoms with Crippen LogP contribution in [0.1, 0.15) is 65.9 Å². The van der Waals surface area contributed by atoms with E-state index in [-0.39, 0.29) is 17.1 Å². The Kier molecular flexibility index (Phi) is 6.41. The number of fused-ring (bicyclic) bond motifs is 2. The standard InChI is InChI=1S/C30H29NO4/c1-3-4-5-8-19-34-23-17-13-21(14-18-23)27-26-28(32)24-9-6-7-10-25(24)35-29(26)30(33)31(27)22-15-11-20(2)12-16-22/h6-7,9-18,27H,3-5,8,19H2,1-2H3. The summed E-state index contributed by atoms with van der Waals surface area (Å²) in [7, 11) is 0. The molecule has 0 saturated heterocycles. The Bertz CT molecular complexity index is 1400. The van der Waals surface area contributed by atoms with E-state index in [1.807, 2.05) is 61.5 Å². The summed E-state index contributed by atoms with van der Waals surface area (Å²) in [6.07, 6.45) is 4.58. The number of carbonyl (C=O) groups excluding carboxylic acids is 1. The predicted octanol–water partition coefficient (Wildman–Crippen LogP) is 6.81. The number of carbonyl (C=O) groups is 1. The van der Waals surface area contributed by atoms with Gasteiger partial charge >= 0.3 is 0 Å². The minimum atomic E-state index is -0.584. The molecule has 0 aliphatic carbocycles. The van der Waals surface area contributed by atoms with E-state index in [0.717, 1.165) is 35.4 Å². The van der Waals surface area contributed by atoms with Crippen LogP contribution in [0.15, 0.2) is 82.0 Å². The molecule has 178 valence electrons. The first kappa shape index (κ1) is 22.9. The number of hydrogen-bond acceptors (Lipinski definition) is 4. The van der Waals surface area contributed by atoms with Crippen LogP contribution in [0.3, 0.4) is 0 Å². The van der Waals surface area contributed by atoms with Crippen LogP contribution in [0, 0.1) is 6.92 Å². The summed E-state index contributed by atoms with van der Waals surface area (Å²) in [5, 5.41) is 0.474. The molecule has 2 heterocycles. The van der Waals surface area contributed by atoms with Gasteiger partial charge in [0.15, 0.2) is 5.43 Å². The van der Waals surface area contributed by atoms with E-state index in [1.165, 1.54) is 12.8 Å². The van der Waals surface area contributed by atoms with Gasteiger partial charge in [-0.3, -0.25) is 14.5 Å². The lowest BCUT2D eigenvalue weighted by atomic mass is 9.98. The summed E-state index contributed by atoms with van der Waals surface area (Å²) in [6, 6.07) is 21.9. The van der Waals surface area contributed by atoms with Crippen molar-refractivity contribution in [3.05, 3.63) is 105 Å². The Morgan fingerprint density at radius 1 is 0.886 bits per heavy atom. The quantitative estimate of drug-likeness (QED) is 0.267. The van der Waals surface area contributed by atoms with Crippen LogP contribution in [-0.4, -0.2) is 12.5 Å². The van der Waals surface area contributed by atoms with Gasteiger partial charge in [0.05, 0.1) is 23.6 Å². The van der Waals surface area contributed by atoms with Crippen molar-refractivity contribution in [2.75, 3.05) is 11.5 Å². The number of nitrogens with zero attached hydrogens (tertiary/aromatic N) is 1. The van der Waals surface area contributed by atoms with Crippen LogP contribution < -0.4 is 15.1 Å². The normalized spacial score (nSPS) is 15.0. The summed E-state index contributed by atoms with van der Waals surface area (Å²) in [6.45, 7) is 4.87. The van der Waals surface area contributed by atoms with E-state index in [0.29, 0.717) is 23.1 Å². The van der Waals surface area contributed by atoms with Gasteiger partial charge in [-0.15, -0.1) is 0 Å². The molecule has 5 nitrogen and oxygen atoms in total. The van der Waals surface area contributed by atoms with Crippen molar-refractivity contribution in [1.29, 1.82) is 0 Å². The van der Waals surface area contributed by atoms with Gasteiger partial charge in [-0.05, 0) is 55.3 Å². The Hall–Kier alpha value is -3.86. The lowest BCUT2D eigenvalue weighted by Crippen LogP contribution is -2.29. The number of benzene rings is 3. The van der Waals surface area contributed by atoms with Crippen molar-refractivity contribution >= 4 is 22.6 Å². The molecule has 0 spiro atoms. The second kappa shape index (κ2) is 9.79. The highest BCUT2D eigenvalue weighted by Crippen LogP contribution is 2.41. The SMILES string of the molecule is CCCCCCOc1ccc(C2c3c(oc4ccccc4c3=O)C(=O)N2c2ccc(C)cc2)cc1. The molecule has 0 fully saturated rings. The zero-order valence-electron chi connectivity index (χ0n) is 20.1. The molecule has 0 radical (unpaired) electrons. The fourth-order valence-corrected chi connectivity index (χ4v) is 4.67. The third-order valence-electron chi connectivity index (χ3n) is 6.55. The molecule has 4 aromatic rings. The minimum Gasteiger partial charge on any atom is -0.494 e. The number of para-hydroxylation sites is 1. The first-order valence-electron chi connectivity index (χ1n) is 12.3. The lowest BCUT2D eigenvalue weighted by molar-refractivity contribution is 0.0971. The van der Waals surface area contributed by atoms with Gasteiger partial charge in [0.1, 0.15) is 11.3 Å². The number of anilines is 1. The first-order chi connectivity index (χ1) is 17.1. The Labute approximate surface area is 205 Å². The highest BCUT2D eigenvalue weighted by Gasteiger charge is 2.43. The van der Waals surface area contributed by atoms with E-state index >= 15 is 0 Å². The highest BCUT2D eigenvalue weighted by atomic mass is 16.5. The first-order valence-corrected chi connectivity index (χ1v) is 12.3. The maximum absolute atomic E-state index is 13.6. The topological polar surface area (TPSA) is 59.8 Å². The number of hydrogen-bond donors (Lipinski definition) is 0. The van der Waals surface area contributed by atoms with Gasteiger partial charge in [-0.25, -0.2) is 0 Å². The van der Waals surface area contributed by atoms with Gasteiger partial charge in [0, 0.05) is 5.69 Å². The summed E-state index contributed by atoms with van der Waals surface area (Å²) in [5.41, 5.74) is 3.26. The molecule has 1 aliphatic heterocycles. The van der Waals surface area contributed by atoms with Gasteiger partial charge < -0.3 is 9.15 Å². The average Bonchev–Trinajstić information content (AvgIpc) is 3.17. The molecule has 1 unspecified atom stereocenters. The zero-order valence-corrected chi connectivity index (χ0v) is 20.1. The number of aryl methyl sites for hydroxylation is 1. The Morgan fingerprint density at radius 2 is 1.63 bits per heavy atom. The van der Waals surface area contributed by atoms with Crippen LogP contribution in [0.25, 0.3) is 11.0 Å². The molecule has 0 N–H and O–H groups in total. The maximum atomic E-state index is 13.6. The van der Waals surface area contributed by atoms with Gasteiger partial charge in [0.25, 0.3) is 5.91 Å². The van der Waals surface area contributed by atoms with Crippen LogP contribution >= 0.6 is 0 Å². The monoisotopic (exact) mass is 467 g/mol. The third-order valence-corrected chi connectivity index (χ3v) is 6.55. The molecule has 1 aliphatic rings. The molecule has 1 amide bonds. The molecule has 3 aromatic carbocycles. The number of amides is 1. The maximum Gasteiger partial charge on any atom is 0.295 e. The third kappa shape index (κ3) is 4.34. The number of unbranched alkanes of at least 4 members (excludes halogenated alkanes) is 3. The number of ether oxygens (including phenoxy) is 1. The van der Waals surface area contributed by atoms with Gasteiger partial charge in [-0.1, -0.05) is 68.1 Å². The van der Waals surface area contributed by atoms with Crippen molar-refractivity contribution in [2.45, 2.75) is 45.6 Å². The fourth-order valence-electron chi connectivity index (χ4n) is 4.67. The van der Waals surface area contributed by atoms with E-state index in [9.17, 15) is 9.59 Å². The second-order valence-corrected chi connectivity index (χ2v) is 9.06. The van der Waals surface area contributed by atoms with E-state index in [2.05, 4.69) is 6.92 Å². The van der Waals surface area contributed by atoms with E-state index in [4.69, 9.17) is 9.15 Å². The molecule has 0 saturated carbocycles. The molecule has 5 heteroatoms. The van der Waals surface area contributed by atoms with Crippen LogP contribution in [-0.2, 0) is 0 Å². The molecule has 1 aromatic heterocycles. The second-order valence-electron chi connectivity index (χ2n) is 9.06. The minimum absolute atomic E-state index is 0.107. The molecule has 1 atom stereocenters. The highest BCUT2D eigenvalue weighted by molar-refractivity contribution is 6.10. The van der Waals surface area contributed by atoms with Crippen LogP contribution in [0.5, 0.6) is 5.75 Å². The molecule has 5 rings (SSSR count). The lowest BCUT2D eigenvalue weighted by Gasteiger charge is -2.25. The summed E-state index contributed by atoms with van der Waals surface area (Å²) < 4.78 is 11.9. The Balaban J connectivity index is 1.55. The molecular formula is C30H29NO4. The van der Waals surface area contributed by atoms with Gasteiger partial charge in [-0.2, -0.15) is 0 Å². The smallest absolute Gasteiger partial charge is 0.295 e. The van der Waals surface area contributed by atoms with E-state index in [1.54, 1.807) is 23.1 Å². The summed E-state index contributed by atoms with van der Waals surface area (Å²) in [5.74, 6) is 0.575. The van der Waals surface area contributed by atoms with Crippen molar-refractivity contribution in [2.24, 2.45) is 0 Å². The predicted molar refractivity (Wildman–Crippen MR) is 138 cm³/mol. The van der Waals surface area contributed by atoms with Crippen molar-refractivity contribution < 1.29 is 13.9 Å². The molecular weight excluding hydrogens is 438 g/mol. The Morgan fingerprint density at radius 3 is 2.37 bits per heavy atom. The van der Waals surface area contributed by atoms with Crippen molar-refractivity contribution in [1.82, 2.24) is 0 Å². The van der Waals surface area contributed by atoms with Crippen molar-refractivity contribution in [3.8, 4) is 5.75 Å². The van der Waals surface area contributed by atoms with Gasteiger partial charge in [0.2, 0.25) is 5.76 Å². The zero-order chi connectivity index (χ0) is 24.4. The largest absolute Gasteiger partial charge is 0.494 e. The van der Waals surface area contributed by atoms with Crippen LogP contribution in [0.4, 0.5) is 5.69 Å². The van der Waals surface area contributed by atoms with Crippen LogP contribution in [0.2, 0.25) is 0 Å². The fraction of sp³-hybridized carbons (Fsp3) is 0.267. The molecule has 35 heavy (non-hydrogen) atoms. The average molecular weight is 468 g/mol. The summed E-state index contributed by atoms with van der Waals surface area (Å²) >= 11 is 0. The van der Waals surface area contributed by atoms with Crippen molar-refractivity contribution in [3.63, 3.8) is 0 Å².